The zero-order valence-electron chi connectivity index (χ0n) is 16.6. The Kier molecular flexibility index (Phi) is 5.70. The van der Waals surface area contributed by atoms with Gasteiger partial charge in [-0.05, 0) is 40.5 Å². The van der Waals surface area contributed by atoms with Crippen LogP contribution in [0.3, 0.4) is 0 Å². The summed E-state index contributed by atoms with van der Waals surface area (Å²) in [5, 5.41) is 2.34. The van der Waals surface area contributed by atoms with Crippen LogP contribution in [0.1, 0.15) is 36.5 Å². The number of hydrogen-bond donors (Lipinski definition) is 0. The van der Waals surface area contributed by atoms with Gasteiger partial charge in [0.05, 0.1) is 21.3 Å². The fourth-order valence-corrected chi connectivity index (χ4v) is 3.43. The number of rotatable bonds is 6. The van der Waals surface area contributed by atoms with Gasteiger partial charge in [-0.3, -0.25) is 0 Å². The fourth-order valence-electron chi connectivity index (χ4n) is 3.43. The topological polar surface area (TPSA) is 27.7 Å². The zero-order chi connectivity index (χ0) is 19.4. The predicted octanol–water partition coefficient (Wildman–Crippen LogP) is 6.16. The van der Waals surface area contributed by atoms with E-state index in [2.05, 4.69) is 44.2 Å². The van der Waals surface area contributed by atoms with Crippen LogP contribution in [0, 0.1) is 0 Å². The molecule has 3 aromatic carbocycles. The number of ether oxygens (including phenoxy) is 3. The minimum absolute atomic E-state index is 0.311. The molecule has 3 aromatic rings. The summed E-state index contributed by atoms with van der Waals surface area (Å²) in [6.07, 6.45) is 4.16. The van der Waals surface area contributed by atoms with Gasteiger partial charge in [0.1, 0.15) is 17.2 Å². The highest BCUT2D eigenvalue weighted by molar-refractivity contribution is 5.95. The minimum atomic E-state index is 0.311. The summed E-state index contributed by atoms with van der Waals surface area (Å²) in [4.78, 5) is 0. The van der Waals surface area contributed by atoms with E-state index in [-0.39, 0.29) is 0 Å². The van der Waals surface area contributed by atoms with E-state index >= 15 is 0 Å². The molecule has 3 heteroatoms. The lowest BCUT2D eigenvalue weighted by atomic mass is 9.97. The van der Waals surface area contributed by atoms with E-state index < -0.39 is 0 Å². The summed E-state index contributed by atoms with van der Waals surface area (Å²) in [7, 11) is 5.09. The average Bonchev–Trinajstić information content (AvgIpc) is 2.70. The molecule has 0 aliphatic heterocycles. The number of fused-ring (bicyclic) bond motifs is 1. The highest BCUT2D eigenvalue weighted by Gasteiger charge is 2.15. The van der Waals surface area contributed by atoms with Crippen molar-refractivity contribution in [3.05, 3.63) is 65.2 Å². The molecule has 0 bridgehead atoms. The lowest BCUT2D eigenvalue weighted by Crippen LogP contribution is -1.99. The Morgan fingerprint density at radius 1 is 0.741 bits per heavy atom. The van der Waals surface area contributed by atoms with Gasteiger partial charge in [0.15, 0.2) is 0 Å². The van der Waals surface area contributed by atoms with E-state index in [0.29, 0.717) is 5.92 Å². The third-order valence-corrected chi connectivity index (χ3v) is 4.74. The van der Waals surface area contributed by atoms with Crippen LogP contribution in [0.25, 0.3) is 22.9 Å². The molecular weight excluding hydrogens is 336 g/mol. The van der Waals surface area contributed by atoms with Gasteiger partial charge in [-0.25, -0.2) is 0 Å². The van der Waals surface area contributed by atoms with Gasteiger partial charge in [-0.2, -0.15) is 0 Å². The molecule has 0 fully saturated rings. The molecule has 0 aromatic heterocycles. The van der Waals surface area contributed by atoms with E-state index in [1.54, 1.807) is 21.3 Å². The molecule has 0 spiro atoms. The molecule has 27 heavy (non-hydrogen) atoms. The Balaban J connectivity index is 2.10. The van der Waals surface area contributed by atoms with Gasteiger partial charge in [0.2, 0.25) is 0 Å². The molecule has 0 atom stereocenters. The van der Waals surface area contributed by atoms with Crippen LogP contribution in [0.5, 0.6) is 17.2 Å². The summed E-state index contributed by atoms with van der Waals surface area (Å²) in [6.45, 7) is 4.27. The smallest absolute Gasteiger partial charge is 0.126 e. The van der Waals surface area contributed by atoms with Gasteiger partial charge in [0.25, 0.3) is 0 Å². The van der Waals surface area contributed by atoms with Crippen molar-refractivity contribution in [1.29, 1.82) is 0 Å². The molecule has 0 heterocycles. The molecule has 3 rings (SSSR count). The SMILES string of the molecule is COc1cc(C=Cc2c(OC)ccc3ccccc23)cc(OC)c1C(C)C. The second kappa shape index (κ2) is 8.17. The Bertz CT molecular complexity index is 946. The second-order valence-corrected chi connectivity index (χ2v) is 6.73. The summed E-state index contributed by atoms with van der Waals surface area (Å²) in [6, 6.07) is 16.5. The molecule has 3 nitrogen and oxygen atoms in total. The van der Waals surface area contributed by atoms with Crippen molar-refractivity contribution in [1.82, 2.24) is 0 Å². The molecular formula is C24H26O3. The van der Waals surface area contributed by atoms with E-state index in [0.717, 1.165) is 39.3 Å². The highest BCUT2D eigenvalue weighted by Crippen LogP contribution is 2.37. The molecule has 0 saturated carbocycles. The van der Waals surface area contributed by atoms with Crippen molar-refractivity contribution in [3.8, 4) is 17.2 Å². The lowest BCUT2D eigenvalue weighted by molar-refractivity contribution is 0.382. The molecule has 0 N–H and O–H groups in total. The zero-order valence-corrected chi connectivity index (χ0v) is 16.6. The summed E-state index contributed by atoms with van der Waals surface area (Å²) in [5.41, 5.74) is 3.16. The predicted molar refractivity (Wildman–Crippen MR) is 113 cm³/mol. The molecule has 0 saturated heterocycles. The average molecular weight is 362 g/mol. The van der Waals surface area contributed by atoms with Gasteiger partial charge in [-0.1, -0.05) is 56.3 Å². The maximum atomic E-state index is 5.62. The van der Waals surface area contributed by atoms with Gasteiger partial charge < -0.3 is 14.2 Å². The van der Waals surface area contributed by atoms with Gasteiger partial charge >= 0.3 is 0 Å². The van der Waals surface area contributed by atoms with Crippen LogP contribution in [-0.2, 0) is 0 Å². The first-order chi connectivity index (χ1) is 13.1. The first kappa shape index (κ1) is 18.8. The first-order valence-corrected chi connectivity index (χ1v) is 9.08. The summed E-state index contributed by atoms with van der Waals surface area (Å²) in [5.74, 6) is 2.84. The normalized spacial score (nSPS) is 11.3. The van der Waals surface area contributed by atoms with E-state index in [9.17, 15) is 0 Å². The van der Waals surface area contributed by atoms with Crippen molar-refractivity contribution >= 4 is 22.9 Å². The molecule has 140 valence electrons. The van der Waals surface area contributed by atoms with E-state index in [4.69, 9.17) is 14.2 Å². The number of methoxy groups -OCH3 is 3. The largest absolute Gasteiger partial charge is 0.496 e. The molecule has 0 amide bonds. The van der Waals surface area contributed by atoms with Crippen molar-refractivity contribution in [3.63, 3.8) is 0 Å². The van der Waals surface area contributed by atoms with E-state index in [1.807, 2.05) is 30.3 Å². The monoisotopic (exact) mass is 362 g/mol. The van der Waals surface area contributed by atoms with Gasteiger partial charge in [0, 0.05) is 11.1 Å². The van der Waals surface area contributed by atoms with Crippen LogP contribution in [-0.4, -0.2) is 21.3 Å². The van der Waals surface area contributed by atoms with Crippen LogP contribution in [0.4, 0.5) is 0 Å². The van der Waals surface area contributed by atoms with Crippen molar-refractivity contribution < 1.29 is 14.2 Å². The number of hydrogen-bond acceptors (Lipinski definition) is 3. The second-order valence-electron chi connectivity index (χ2n) is 6.73. The Morgan fingerprint density at radius 3 is 1.96 bits per heavy atom. The first-order valence-electron chi connectivity index (χ1n) is 9.08. The van der Waals surface area contributed by atoms with Crippen molar-refractivity contribution in [2.24, 2.45) is 0 Å². The number of benzene rings is 3. The standard InChI is InChI=1S/C24H26O3/c1-16(2)24-22(26-4)14-17(15-23(24)27-5)10-12-20-19-9-7-6-8-18(19)11-13-21(20)25-3/h6-16H,1-5H3. The third kappa shape index (κ3) is 3.77. The van der Waals surface area contributed by atoms with Gasteiger partial charge in [-0.15, -0.1) is 0 Å². The molecule has 0 aliphatic rings. The Morgan fingerprint density at radius 2 is 1.37 bits per heavy atom. The summed E-state index contributed by atoms with van der Waals surface area (Å²) < 4.78 is 16.8. The van der Waals surface area contributed by atoms with Crippen LogP contribution in [0.2, 0.25) is 0 Å². The van der Waals surface area contributed by atoms with Crippen LogP contribution < -0.4 is 14.2 Å². The molecule has 0 unspecified atom stereocenters. The highest BCUT2D eigenvalue weighted by atomic mass is 16.5. The van der Waals surface area contributed by atoms with Crippen LogP contribution in [0.15, 0.2) is 48.5 Å². The maximum absolute atomic E-state index is 5.62. The quantitative estimate of drug-likeness (QED) is 0.492. The maximum Gasteiger partial charge on any atom is 0.126 e. The molecule has 0 radical (unpaired) electrons. The van der Waals surface area contributed by atoms with Crippen LogP contribution >= 0.6 is 0 Å². The minimum Gasteiger partial charge on any atom is -0.496 e. The summed E-state index contributed by atoms with van der Waals surface area (Å²) >= 11 is 0. The van der Waals surface area contributed by atoms with Crippen molar-refractivity contribution in [2.75, 3.05) is 21.3 Å². The fraction of sp³-hybridized carbons (Fsp3) is 0.250. The third-order valence-electron chi connectivity index (χ3n) is 4.74. The van der Waals surface area contributed by atoms with Crippen molar-refractivity contribution in [2.45, 2.75) is 19.8 Å². The Labute approximate surface area is 161 Å². The lowest BCUT2D eigenvalue weighted by Gasteiger charge is -2.17. The Hall–Kier alpha value is -2.94. The molecule has 0 aliphatic carbocycles. The van der Waals surface area contributed by atoms with E-state index in [1.165, 1.54) is 5.39 Å².